The SMILES string of the molecule is CCOCCOCCN1CCOCCOCCNc2ccc(C)cc2OCCN(c2ccc(/C=C/C3=C(C#N)C(=C(C#N)C#N)OC3(C)CCCO)cc2OCCOC)CCOc2cc(C)ccc21. The number of nitriles is 3. The van der Waals surface area contributed by atoms with Crippen LogP contribution in [0.2, 0.25) is 0 Å². The molecule has 0 radical (unpaired) electrons. The number of nitrogens with one attached hydrogen (secondary N) is 1. The maximum Gasteiger partial charge on any atom is 0.172 e. The van der Waals surface area contributed by atoms with Crippen molar-refractivity contribution in [3.8, 4) is 35.5 Å². The topological polar surface area (TPSA) is 193 Å². The molecule has 0 amide bonds. The highest BCUT2D eigenvalue weighted by molar-refractivity contribution is 5.69. The van der Waals surface area contributed by atoms with Gasteiger partial charge in [-0.2, -0.15) is 15.8 Å². The van der Waals surface area contributed by atoms with Crippen LogP contribution in [0.5, 0.6) is 17.2 Å². The molecule has 0 saturated carbocycles. The van der Waals surface area contributed by atoms with Crippen LogP contribution in [0, 0.1) is 47.8 Å². The molecule has 0 saturated heterocycles. The standard InChI is InChI=1S/C53H68N6O10/c1-6-62-29-30-64-24-18-58-19-25-65-32-31-63-23-17-57-46-13-8-40(2)34-49(46)66-26-20-59(21-27-67-50-35-41(3)9-14-47(50)58)48-15-11-42(36-51(48)68-33-28-61-5)10-12-45-44(39-56)52(43(37-54)38-55)69-53(45,4)16-7-22-60/h8-15,34-36,57,60H,6-7,16-33H2,1-5H3/b12-10+. The predicted octanol–water partition coefficient (Wildman–Crippen LogP) is 7.31. The van der Waals surface area contributed by atoms with Crippen molar-refractivity contribution in [1.82, 2.24) is 0 Å². The summed E-state index contributed by atoms with van der Waals surface area (Å²) in [7, 11) is 1.62. The molecule has 3 aromatic carbocycles. The highest BCUT2D eigenvalue weighted by Gasteiger charge is 2.42. The maximum absolute atomic E-state index is 10.3. The molecule has 0 aromatic heterocycles. The summed E-state index contributed by atoms with van der Waals surface area (Å²) in [6.07, 6.45) is 4.34. The Morgan fingerprint density at radius 1 is 0.797 bits per heavy atom. The Kier molecular flexibility index (Phi) is 22.5. The molecule has 1 atom stereocenters. The Labute approximate surface area is 407 Å². The van der Waals surface area contributed by atoms with Crippen LogP contribution >= 0.6 is 0 Å². The highest BCUT2D eigenvalue weighted by atomic mass is 16.5. The molecule has 16 nitrogen and oxygen atoms in total. The van der Waals surface area contributed by atoms with E-state index in [9.17, 15) is 20.9 Å². The molecule has 370 valence electrons. The number of aliphatic hydroxyl groups excluding tert-OH is 1. The van der Waals surface area contributed by atoms with Crippen molar-refractivity contribution in [2.45, 2.75) is 46.1 Å². The van der Waals surface area contributed by atoms with Crippen molar-refractivity contribution in [3.05, 3.63) is 99.8 Å². The number of methoxy groups -OCH3 is 1. The second kappa shape index (κ2) is 28.9. The molecule has 2 heterocycles. The first-order valence-corrected chi connectivity index (χ1v) is 23.6. The molecule has 1 unspecified atom stereocenters. The van der Waals surface area contributed by atoms with Crippen molar-refractivity contribution in [2.75, 3.05) is 141 Å². The molecule has 16 heteroatoms. The minimum absolute atomic E-state index is 0.0596. The molecule has 0 aliphatic carbocycles. The van der Waals surface area contributed by atoms with Gasteiger partial charge in [-0.05, 0) is 93.6 Å². The van der Waals surface area contributed by atoms with Crippen molar-refractivity contribution < 1.29 is 47.7 Å². The third-order valence-corrected chi connectivity index (χ3v) is 11.4. The van der Waals surface area contributed by atoms with E-state index < -0.39 is 5.60 Å². The van der Waals surface area contributed by atoms with Gasteiger partial charge in [0.05, 0.1) is 83.0 Å². The predicted molar refractivity (Wildman–Crippen MR) is 265 cm³/mol. The molecule has 2 aliphatic heterocycles. The van der Waals surface area contributed by atoms with E-state index in [1.54, 1.807) is 20.1 Å². The molecule has 2 N–H and O–H groups in total. The third kappa shape index (κ3) is 16.2. The van der Waals surface area contributed by atoms with E-state index in [4.69, 9.17) is 42.6 Å². The zero-order chi connectivity index (χ0) is 49.3. The molecule has 0 spiro atoms. The Hall–Kier alpha value is -6.29. The lowest BCUT2D eigenvalue weighted by atomic mass is 9.88. The van der Waals surface area contributed by atoms with Gasteiger partial charge < -0.3 is 62.9 Å². The van der Waals surface area contributed by atoms with Gasteiger partial charge in [-0.3, -0.25) is 0 Å². The van der Waals surface area contributed by atoms with Gasteiger partial charge in [0.15, 0.2) is 11.3 Å². The molecule has 2 aliphatic rings. The molecule has 0 fully saturated rings. The average molecular weight is 949 g/mol. The Bertz CT molecular complexity index is 2320. The number of aliphatic hydroxyl groups is 1. The summed E-state index contributed by atoms with van der Waals surface area (Å²) in [6.45, 7) is 15.8. The zero-order valence-corrected chi connectivity index (χ0v) is 40.9. The lowest BCUT2D eigenvalue weighted by molar-refractivity contribution is 0.0498. The first kappa shape index (κ1) is 53.7. The van der Waals surface area contributed by atoms with Crippen LogP contribution < -0.4 is 29.3 Å². The molecule has 0 bridgehead atoms. The second-order valence-corrected chi connectivity index (χ2v) is 16.5. The van der Waals surface area contributed by atoms with E-state index in [2.05, 4.69) is 39.4 Å². The molecule has 5 rings (SSSR count). The number of benzene rings is 3. The van der Waals surface area contributed by atoms with Crippen LogP contribution in [0.15, 0.2) is 83.2 Å². The van der Waals surface area contributed by atoms with E-state index in [-0.39, 0.29) is 30.1 Å². The lowest BCUT2D eigenvalue weighted by Gasteiger charge is -2.29. The molecule has 3 aromatic rings. The normalized spacial score (nSPS) is 17.5. The number of hydrogen-bond acceptors (Lipinski definition) is 16. The number of aryl methyl sites for hydroxylation is 2. The number of rotatable bonds is 17. The van der Waals surface area contributed by atoms with Crippen molar-refractivity contribution in [2.24, 2.45) is 0 Å². The summed E-state index contributed by atoms with van der Waals surface area (Å²) in [4.78, 5) is 4.41. The first-order chi connectivity index (χ1) is 33.7. The Morgan fingerprint density at radius 2 is 1.51 bits per heavy atom. The highest BCUT2D eigenvalue weighted by Crippen LogP contribution is 2.43. The fourth-order valence-corrected chi connectivity index (χ4v) is 7.84. The fraction of sp³-hybridized carbons (Fsp3) is 0.491. The van der Waals surface area contributed by atoms with Crippen molar-refractivity contribution in [3.63, 3.8) is 0 Å². The van der Waals surface area contributed by atoms with E-state index >= 15 is 0 Å². The maximum atomic E-state index is 10.3. The van der Waals surface area contributed by atoms with Crippen LogP contribution in [-0.4, -0.2) is 136 Å². The summed E-state index contributed by atoms with van der Waals surface area (Å²) >= 11 is 0. The van der Waals surface area contributed by atoms with E-state index in [0.29, 0.717) is 130 Å². The lowest BCUT2D eigenvalue weighted by Crippen LogP contribution is -2.34. The van der Waals surface area contributed by atoms with E-state index in [1.807, 2.05) is 75.4 Å². The van der Waals surface area contributed by atoms with Crippen LogP contribution in [0.3, 0.4) is 0 Å². The Balaban J connectivity index is 1.51. The minimum atomic E-state index is -1.07. The number of anilines is 3. The molecular formula is C53H68N6O10. The van der Waals surface area contributed by atoms with E-state index in [0.717, 1.165) is 45.3 Å². The summed E-state index contributed by atoms with van der Waals surface area (Å²) in [5, 5.41) is 42.8. The van der Waals surface area contributed by atoms with Gasteiger partial charge in [-0.1, -0.05) is 30.4 Å². The molecular weight excluding hydrogens is 881 g/mol. The van der Waals surface area contributed by atoms with Gasteiger partial charge in [0, 0.05) is 45.5 Å². The van der Waals surface area contributed by atoms with Crippen molar-refractivity contribution in [1.29, 1.82) is 15.8 Å². The second-order valence-electron chi connectivity index (χ2n) is 16.5. The monoisotopic (exact) mass is 948 g/mol. The van der Waals surface area contributed by atoms with Gasteiger partial charge >= 0.3 is 0 Å². The first-order valence-electron chi connectivity index (χ1n) is 23.6. The van der Waals surface area contributed by atoms with Crippen LogP contribution in [0.4, 0.5) is 17.1 Å². The van der Waals surface area contributed by atoms with Crippen LogP contribution in [0.1, 0.15) is 43.4 Å². The summed E-state index contributed by atoms with van der Waals surface area (Å²) in [5.74, 6) is 1.99. The van der Waals surface area contributed by atoms with Crippen LogP contribution in [-0.2, 0) is 28.4 Å². The summed E-state index contributed by atoms with van der Waals surface area (Å²) in [5.41, 5.74) is 4.71. The summed E-state index contributed by atoms with van der Waals surface area (Å²) < 4.78 is 54.6. The summed E-state index contributed by atoms with van der Waals surface area (Å²) in [6, 6.07) is 24.0. The number of nitrogens with zero attached hydrogens (tertiary/aromatic N) is 5. The Morgan fingerprint density at radius 3 is 2.23 bits per heavy atom. The van der Waals surface area contributed by atoms with Gasteiger partial charge in [0.2, 0.25) is 0 Å². The van der Waals surface area contributed by atoms with Gasteiger partial charge in [0.25, 0.3) is 0 Å². The number of hydrogen-bond donors (Lipinski definition) is 2. The van der Waals surface area contributed by atoms with Crippen LogP contribution in [0.25, 0.3) is 6.08 Å². The number of fused-ring (bicyclic) bond motifs is 2. The minimum Gasteiger partial charge on any atom is -0.490 e. The third-order valence-electron chi connectivity index (χ3n) is 11.4. The van der Waals surface area contributed by atoms with Gasteiger partial charge in [-0.25, -0.2) is 0 Å². The average Bonchev–Trinajstić information content (AvgIpc) is 3.63. The quantitative estimate of drug-likeness (QED) is 0.101. The zero-order valence-electron chi connectivity index (χ0n) is 40.9. The van der Waals surface area contributed by atoms with E-state index in [1.165, 1.54) is 0 Å². The smallest absolute Gasteiger partial charge is 0.172 e. The number of ether oxygens (including phenoxy) is 9. The number of allylic oxidation sites excluding steroid dienone is 2. The van der Waals surface area contributed by atoms with Gasteiger partial charge in [0.1, 0.15) is 66.5 Å². The largest absolute Gasteiger partial charge is 0.490 e. The van der Waals surface area contributed by atoms with Gasteiger partial charge in [-0.15, -0.1) is 0 Å². The van der Waals surface area contributed by atoms with Crippen molar-refractivity contribution >= 4 is 23.1 Å². The fourth-order valence-electron chi connectivity index (χ4n) is 7.84. The molecule has 69 heavy (non-hydrogen) atoms.